The molecule has 2 aromatic heterocycles. The van der Waals surface area contributed by atoms with E-state index < -0.39 is 0 Å². The minimum atomic E-state index is 0.160. The molecule has 0 N–H and O–H groups in total. The first-order valence-electron chi connectivity index (χ1n) is 7.66. The Hall–Kier alpha value is -1.69. The highest BCUT2D eigenvalue weighted by Crippen LogP contribution is 2.30. The first-order chi connectivity index (χ1) is 10.5. The molecule has 118 valence electrons. The number of carbonyl (C=O) groups excluding carboxylic acids is 1. The van der Waals surface area contributed by atoms with Gasteiger partial charge in [0.05, 0.1) is 17.1 Å². The summed E-state index contributed by atoms with van der Waals surface area (Å²) < 4.78 is 5.15. The third kappa shape index (κ3) is 3.06. The zero-order valence-electron chi connectivity index (χ0n) is 13.3. The number of nitrogens with zero attached hydrogens (tertiary/aromatic N) is 3. The first kappa shape index (κ1) is 15.2. The van der Waals surface area contributed by atoms with Gasteiger partial charge in [-0.25, -0.2) is 4.98 Å². The predicted molar refractivity (Wildman–Crippen MR) is 85.1 cm³/mol. The van der Waals surface area contributed by atoms with Crippen LogP contribution in [0.1, 0.15) is 45.7 Å². The molecule has 6 heteroatoms. The number of likely N-dealkylation sites (tertiary alicyclic amines) is 1. The molecule has 0 radical (unpaired) electrons. The lowest BCUT2D eigenvalue weighted by Crippen LogP contribution is -2.40. The highest BCUT2D eigenvalue weighted by atomic mass is 32.1. The van der Waals surface area contributed by atoms with Gasteiger partial charge in [-0.05, 0) is 33.6 Å². The van der Waals surface area contributed by atoms with E-state index in [2.05, 4.69) is 17.1 Å². The molecule has 1 atom stereocenters. The minimum absolute atomic E-state index is 0.160. The van der Waals surface area contributed by atoms with Crippen LogP contribution in [0, 0.1) is 20.8 Å². The van der Waals surface area contributed by atoms with Crippen LogP contribution in [-0.2, 0) is 11.2 Å². The van der Waals surface area contributed by atoms with Crippen LogP contribution >= 0.6 is 11.3 Å². The molecule has 3 heterocycles. The third-order valence-corrected chi connectivity index (χ3v) is 5.35. The van der Waals surface area contributed by atoms with E-state index in [0.717, 1.165) is 48.0 Å². The van der Waals surface area contributed by atoms with Crippen molar-refractivity contribution in [2.24, 2.45) is 0 Å². The largest absolute Gasteiger partial charge is 0.361 e. The van der Waals surface area contributed by atoms with Crippen molar-refractivity contribution in [1.82, 2.24) is 15.0 Å². The van der Waals surface area contributed by atoms with E-state index in [9.17, 15) is 4.79 Å². The number of hydrogen-bond donors (Lipinski definition) is 0. The number of aromatic nitrogens is 2. The van der Waals surface area contributed by atoms with Crippen LogP contribution in [0.25, 0.3) is 0 Å². The van der Waals surface area contributed by atoms with Crippen molar-refractivity contribution >= 4 is 17.2 Å². The molecule has 0 bridgehead atoms. The second kappa shape index (κ2) is 6.20. The van der Waals surface area contributed by atoms with E-state index in [1.807, 2.05) is 24.9 Å². The molecule has 3 rings (SSSR count). The van der Waals surface area contributed by atoms with Crippen molar-refractivity contribution in [1.29, 1.82) is 0 Å². The molecule has 22 heavy (non-hydrogen) atoms. The van der Waals surface area contributed by atoms with Crippen LogP contribution in [0.5, 0.6) is 0 Å². The maximum absolute atomic E-state index is 12.6. The monoisotopic (exact) mass is 319 g/mol. The van der Waals surface area contributed by atoms with Crippen LogP contribution in [0.15, 0.2) is 10.7 Å². The summed E-state index contributed by atoms with van der Waals surface area (Å²) in [7, 11) is 0. The third-order valence-electron chi connectivity index (χ3n) is 4.27. The van der Waals surface area contributed by atoms with E-state index in [-0.39, 0.29) is 5.91 Å². The fourth-order valence-corrected chi connectivity index (χ4v) is 3.88. The number of aryl methyl sites for hydroxylation is 3. The van der Waals surface area contributed by atoms with Crippen LogP contribution in [-0.4, -0.2) is 34.0 Å². The summed E-state index contributed by atoms with van der Waals surface area (Å²) in [4.78, 5) is 20.3. The number of amides is 1. The van der Waals surface area contributed by atoms with Crippen molar-refractivity contribution in [2.75, 3.05) is 13.1 Å². The number of hydrogen-bond acceptors (Lipinski definition) is 5. The molecule has 1 saturated heterocycles. The molecule has 1 amide bonds. The quantitative estimate of drug-likeness (QED) is 0.872. The number of carbonyl (C=O) groups is 1. The van der Waals surface area contributed by atoms with Gasteiger partial charge in [-0.1, -0.05) is 5.16 Å². The maximum Gasteiger partial charge on any atom is 0.227 e. The molecule has 0 aromatic carbocycles. The average Bonchev–Trinajstić information content (AvgIpc) is 3.08. The Labute approximate surface area is 134 Å². The van der Waals surface area contributed by atoms with Gasteiger partial charge in [0.2, 0.25) is 5.91 Å². The molecular formula is C16H21N3O2S. The van der Waals surface area contributed by atoms with Crippen molar-refractivity contribution < 1.29 is 9.32 Å². The lowest BCUT2D eigenvalue weighted by Gasteiger charge is -2.32. The molecule has 0 spiro atoms. The zero-order chi connectivity index (χ0) is 15.7. The molecule has 5 nitrogen and oxygen atoms in total. The van der Waals surface area contributed by atoms with E-state index in [0.29, 0.717) is 12.3 Å². The zero-order valence-corrected chi connectivity index (χ0v) is 14.1. The van der Waals surface area contributed by atoms with Gasteiger partial charge in [0.15, 0.2) is 0 Å². The Morgan fingerprint density at radius 3 is 2.91 bits per heavy atom. The Morgan fingerprint density at radius 2 is 2.27 bits per heavy atom. The molecule has 1 aliphatic heterocycles. The smallest absolute Gasteiger partial charge is 0.227 e. The Balaban J connectivity index is 1.68. The number of piperidine rings is 1. The van der Waals surface area contributed by atoms with Crippen LogP contribution in [0.2, 0.25) is 0 Å². The van der Waals surface area contributed by atoms with E-state index in [1.165, 1.54) is 4.88 Å². The molecule has 0 aliphatic carbocycles. The summed E-state index contributed by atoms with van der Waals surface area (Å²) in [6.45, 7) is 7.43. The van der Waals surface area contributed by atoms with Gasteiger partial charge in [-0.15, -0.1) is 11.3 Å². The Kier molecular flexibility index (Phi) is 4.29. The summed E-state index contributed by atoms with van der Waals surface area (Å²) in [5.41, 5.74) is 1.74. The lowest BCUT2D eigenvalue weighted by molar-refractivity contribution is -0.131. The number of thiazole rings is 1. The van der Waals surface area contributed by atoms with Crippen molar-refractivity contribution in [3.63, 3.8) is 0 Å². The predicted octanol–water partition coefficient (Wildman–Crippen LogP) is 3.01. The SMILES string of the molecule is Cc1cnc(C2CCCN(C(=O)Cc3c(C)noc3C)C2)s1. The standard InChI is InChI=1S/C16H21N3O2S/c1-10-8-17-16(22-10)13-5-4-6-19(9-13)15(20)7-14-11(2)18-21-12(14)3/h8,13H,4-7,9H2,1-3H3. The fourth-order valence-electron chi connectivity index (χ4n) is 2.98. The van der Waals surface area contributed by atoms with Crippen LogP contribution in [0.3, 0.4) is 0 Å². The molecule has 1 fully saturated rings. The van der Waals surface area contributed by atoms with E-state index in [4.69, 9.17) is 4.52 Å². The van der Waals surface area contributed by atoms with Crippen molar-refractivity contribution in [3.8, 4) is 0 Å². The van der Waals surface area contributed by atoms with Crippen molar-refractivity contribution in [2.45, 2.75) is 46.0 Å². The van der Waals surface area contributed by atoms with Gasteiger partial charge in [0.1, 0.15) is 5.76 Å². The summed E-state index contributed by atoms with van der Waals surface area (Å²) >= 11 is 1.74. The van der Waals surface area contributed by atoms with E-state index in [1.54, 1.807) is 11.3 Å². The van der Waals surface area contributed by atoms with Gasteiger partial charge in [0.25, 0.3) is 0 Å². The summed E-state index contributed by atoms with van der Waals surface area (Å²) in [5, 5.41) is 5.09. The maximum atomic E-state index is 12.6. The second-order valence-corrected chi connectivity index (χ2v) is 7.23. The highest BCUT2D eigenvalue weighted by molar-refractivity contribution is 7.11. The van der Waals surface area contributed by atoms with Crippen LogP contribution in [0.4, 0.5) is 0 Å². The van der Waals surface area contributed by atoms with Gasteiger partial charge < -0.3 is 9.42 Å². The molecule has 0 saturated carbocycles. The fraction of sp³-hybridized carbons (Fsp3) is 0.562. The van der Waals surface area contributed by atoms with Gasteiger partial charge in [0, 0.05) is 35.6 Å². The average molecular weight is 319 g/mol. The van der Waals surface area contributed by atoms with Crippen molar-refractivity contribution in [3.05, 3.63) is 33.1 Å². The molecule has 1 unspecified atom stereocenters. The first-order valence-corrected chi connectivity index (χ1v) is 8.48. The molecular weight excluding hydrogens is 298 g/mol. The lowest BCUT2D eigenvalue weighted by atomic mass is 9.98. The van der Waals surface area contributed by atoms with E-state index >= 15 is 0 Å². The molecule has 2 aromatic rings. The number of rotatable bonds is 3. The minimum Gasteiger partial charge on any atom is -0.361 e. The molecule has 1 aliphatic rings. The Morgan fingerprint density at radius 1 is 1.45 bits per heavy atom. The summed E-state index contributed by atoms with van der Waals surface area (Å²) in [6, 6.07) is 0. The second-order valence-electron chi connectivity index (χ2n) is 5.97. The summed E-state index contributed by atoms with van der Waals surface area (Å²) in [5.74, 6) is 1.28. The summed E-state index contributed by atoms with van der Waals surface area (Å²) in [6.07, 6.45) is 4.45. The topological polar surface area (TPSA) is 59.2 Å². The van der Waals surface area contributed by atoms with Gasteiger partial charge in [-0.3, -0.25) is 4.79 Å². The van der Waals surface area contributed by atoms with Crippen LogP contribution < -0.4 is 0 Å². The van der Waals surface area contributed by atoms with Gasteiger partial charge >= 0.3 is 0 Å². The highest BCUT2D eigenvalue weighted by Gasteiger charge is 2.27. The normalized spacial score (nSPS) is 18.7. The van der Waals surface area contributed by atoms with Gasteiger partial charge in [-0.2, -0.15) is 0 Å². The Bertz CT molecular complexity index is 657.